The van der Waals surface area contributed by atoms with Crippen molar-refractivity contribution in [1.29, 1.82) is 0 Å². The zero-order chi connectivity index (χ0) is 51.0. The lowest BCUT2D eigenvalue weighted by atomic mass is 9.51. The topological polar surface area (TPSA) is 121 Å². The third kappa shape index (κ3) is 29.6. The van der Waals surface area contributed by atoms with Gasteiger partial charge in [0.25, 0.3) is 0 Å². The van der Waals surface area contributed by atoms with Crippen molar-refractivity contribution in [1.82, 2.24) is 0 Å². The fourth-order valence-corrected chi connectivity index (χ4v) is 11.7. The molecule has 3 N–H and O–H groups in total. The normalized spacial score (nSPS) is 13.7. The van der Waals surface area contributed by atoms with Gasteiger partial charge in [0.2, 0.25) is 0 Å². The molecule has 0 bridgehead atoms. The molecule has 0 aromatic rings. The van der Waals surface area contributed by atoms with Crippen molar-refractivity contribution in [3.05, 3.63) is 0 Å². The molecule has 0 amide bonds. The van der Waals surface area contributed by atoms with E-state index in [4.69, 9.17) is 4.74 Å². The van der Waals surface area contributed by atoms with Crippen LogP contribution < -0.4 is 0 Å². The standard InChI is InChI=1S/C62H120O7/c1-6-11-16-21-26-31-32-33-34-35-36-40-45-50-55-61(58(65)66,54-49-44-39-29-24-19-14-9-4)62(59(67)68,69-56-51-46-41-30-25-20-15-10-5)60(57(63)64,52-47-42-37-27-22-17-12-7-2)53-48-43-38-28-23-18-13-8-3/h6-56H2,1-5H3,(H,63,64)(H,65,66)(H,67,68). The van der Waals surface area contributed by atoms with Crippen LogP contribution in [0.4, 0.5) is 0 Å². The molecule has 0 saturated carbocycles. The molecule has 0 radical (unpaired) electrons. The van der Waals surface area contributed by atoms with Gasteiger partial charge in [-0.15, -0.1) is 0 Å². The summed E-state index contributed by atoms with van der Waals surface area (Å²) in [6, 6.07) is 0. The van der Waals surface area contributed by atoms with Gasteiger partial charge in [0, 0.05) is 6.61 Å². The van der Waals surface area contributed by atoms with Crippen LogP contribution in [-0.4, -0.2) is 45.4 Å². The van der Waals surface area contributed by atoms with E-state index in [9.17, 15) is 29.7 Å². The number of aliphatic carboxylic acids is 3. The Labute approximate surface area is 429 Å². The van der Waals surface area contributed by atoms with E-state index < -0.39 is 34.3 Å². The summed E-state index contributed by atoms with van der Waals surface area (Å²) in [5, 5.41) is 35.8. The van der Waals surface area contributed by atoms with Gasteiger partial charge in [0.05, 0.1) is 0 Å². The SMILES string of the molecule is CCCCCCCCCCCCCCCCC(CCCCCCCCCC)(C(=O)O)C(OCCCCCCCCCC)(C(=O)O)C(CCCCCCCCCC)(CCCCCCCCCC)C(=O)O. The van der Waals surface area contributed by atoms with Crippen molar-refractivity contribution in [2.45, 2.75) is 361 Å². The predicted octanol–water partition coefficient (Wildman–Crippen LogP) is 20.6. The first-order valence-electron chi connectivity index (χ1n) is 31.0. The highest BCUT2D eigenvalue weighted by atomic mass is 16.5. The minimum Gasteiger partial charge on any atom is -0.481 e. The van der Waals surface area contributed by atoms with Crippen LogP contribution in [0.25, 0.3) is 0 Å². The molecule has 2 atom stereocenters. The fourth-order valence-electron chi connectivity index (χ4n) is 11.7. The Hall–Kier alpha value is -1.63. The van der Waals surface area contributed by atoms with Crippen molar-refractivity contribution >= 4 is 17.9 Å². The molecule has 0 aromatic carbocycles. The lowest BCUT2D eigenvalue weighted by molar-refractivity contribution is -0.242. The molecule has 0 heterocycles. The monoisotopic (exact) mass is 977 g/mol. The molecule has 410 valence electrons. The Kier molecular flexibility index (Phi) is 46.3. The first kappa shape index (κ1) is 67.4. The zero-order valence-electron chi connectivity index (χ0n) is 47.0. The number of carboxylic acids is 3. The second kappa shape index (κ2) is 47.4. The molecule has 0 spiro atoms. The number of carboxylic acid groups (broad SMARTS) is 3. The zero-order valence-corrected chi connectivity index (χ0v) is 47.0. The third-order valence-electron chi connectivity index (χ3n) is 16.1. The molecule has 0 saturated heterocycles. The number of ether oxygens (including phenoxy) is 1. The molecule has 69 heavy (non-hydrogen) atoms. The van der Waals surface area contributed by atoms with Gasteiger partial charge < -0.3 is 20.1 Å². The first-order valence-corrected chi connectivity index (χ1v) is 31.0. The van der Waals surface area contributed by atoms with Crippen LogP contribution in [0.1, 0.15) is 356 Å². The fraction of sp³-hybridized carbons (Fsp3) is 0.952. The quantitative estimate of drug-likeness (QED) is 0.0519. The van der Waals surface area contributed by atoms with Gasteiger partial charge in [-0.05, 0) is 32.1 Å². The molecule has 0 aliphatic carbocycles. The molecule has 0 aromatic heterocycles. The Morgan fingerprint density at radius 1 is 0.261 bits per heavy atom. The van der Waals surface area contributed by atoms with Crippen LogP contribution in [0, 0.1) is 10.8 Å². The number of hydrogen-bond donors (Lipinski definition) is 3. The van der Waals surface area contributed by atoms with Gasteiger partial charge in [-0.25, -0.2) is 4.79 Å². The van der Waals surface area contributed by atoms with E-state index in [1.165, 1.54) is 141 Å². The first-order chi connectivity index (χ1) is 33.6. The van der Waals surface area contributed by atoms with Crippen molar-refractivity contribution in [2.75, 3.05) is 6.61 Å². The molecule has 7 heteroatoms. The van der Waals surface area contributed by atoms with Gasteiger partial charge >= 0.3 is 17.9 Å². The highest BCUT2D eigenvalue weighted by Crippen LogP contribution is 2.58. The molecule has 2 unspecified atom stereocenters. The summed E-state index contributed by atoms with van der Waals surface area (Å²) in [6.07, 6.45) is 49.7. The lowest BCUT2D eigenvalue weighted by Gasteiger charge is -2.54. The minimum atomic E-state index is -2.40. The lowest BCUT2D eigenvalue weighted by Crippen LogP contribution is -2.71. The van der Waals surface area contributed by atoms with Crippen molar-refractivity contribution in [3.63, 3.8) is 0 Å². The molecular formula is C62H120O7. The van der Waals surface area contributed by atoms with E-state index in [2.05, 4.69) is 34.6 Å². The summed E-state index contributed by atoms with van der Waals surface area (Å²) in [6.45, 7) is 11.2. The van der Waals surface area contributed by atoms with Crippen LogP contribution in [0.15, 0.2) is 0 Å². The second-order valence-electron chi connectivity index (χ2n) is 22.1. The highest BCUT2D eigenvalue weighted by molar-refractivity contribution is 5.95. The van der Waals surface area contributed by atoms with E-state index in [0.717, 1.165) is 122 Å². The van der Waals surface area contributed by atoms with Gasteiger partial charge in [0.15, 0.2) is 5.60 Å². The second-order valence-corrected chi connectivity index (χ2v) is 22.1. The third-order valence-corrected chi connectivity index (χ3v) is 16.1. The average molecular weight is 978 g/mol. The number of hydrogen-bond acceptors (Lipinski definition) is 4. The van der Waals surface area contributed by atoms with E-state index >= 15 is 0 Å². The van der Waals surface area contributed by atoms with Crippen LogP contribution in [-0.2, 0) is 19.1 Å². The predicted molar refractivity (Wildman–Crippen MR) is 296 cm³/mol. The summed E-state index contributed by atoms with van der Waals surface area (Å²) in [5.74, 6) is -3.71. The molecule has 0 rings (SSSR count). The van der Waals surface area contributed by atoms with E-state index in [1.54, 1.807) is 0 Å². The largest absolute Gasteiger partial charge is 0.481 e. The molecule has 0 fully saturated rings. The van der Waals surface area contributed by atoms with Gasteiger partial charge in [0.1, 0.15) is 10.8 Å². The van der Waals surface area contributed by atoms with Crippen molar-refractivity contribution in [2.24, 2.45) is 10.8 Å². The minimum absolute atomic E-state index is 0.0658. The van der Waals surface area contributed by atoms with Crippen LogP contribution >= 0.6 is 0 Å². The Balaban J connectivity index is 7.04. The van der Waals surface area contributed by atoms with Crippen molar-refractivity contribution < 1.29 is 34.4 Å². The highest BCUT2D eigenvalue weighted by Gasteiger charge is 2.73. The maximum Gasteiger partial charge on any atom is 0.338 e. The average Bonchev–Trinajstić information content (AvgIpc) is 3.33. The molecule has 0 aliphatic rings. The van der Waals surface area contributed by atoms with E-state index in [-0.39, 0.29) is 32.3 Å². The van der Waals surface area contributed by atoms with Gasteiger partial charge in [-0.1, -0.05) is 324 Å². The summed E-state index contributed by atoms with van der Waals surface area (Å²) < 4.78 is 6.97. The Morgan fingerprint density at radius 2 is 0.435 bits per heavy atom. The maximum absolute atomic E-state index is 14.8. The number of carbonyl (C=O) groups is 3. The smallest absolute Gasteiger partial charge is 0.338 e. The Morgan fingerprint density at radius 3 is 0.609 bits per heavy atom. The maximum atomic E-state index is 14.8. The van der Waals surface area contributed by atoms with Crippen LogP contribution in [0.3, 0.4) is 0 Å². The molecular weight excluding hydrogens is 857 g/mol. The summed E-state index contributed by atoms with van der Waals surface area (Å²) in [4.78, 5) is 43.9. The van der Waals surface area contributed by atoms with Crippen LogP contribution in [0.5, 0.6) is 0 Å². The summed E-state index contributed by atoms with van der Waals surface area (Å²) in [5.41, 5.74) is -6.16. The molecule has 7 nitrogen and oxygen atoms in total. The summed E-state index contributed by atoms with van der Waals surface area (Å²) in [7, 11) is 0. The van der Waals surface area contributed by atoms with Crippen LogP contribution in [0.2, 0.25) is 0 Å². The van der Waals surface area contributed by atoms with E-state index in [0.29, 0.717) is 32.1 Å². The number of rotatable bonds is 57. The van der Waals surface area contributed by atoms with Gasteiger partial charge in [-0.3, -0.25) is 9.59 Å². The summed E-state index contributed by atoms with van der Waals surface area (Å²) >= 11 is 0. The van der Waals surface area contributed by atoms with Crippen molar-refractivity contribution in [3.8, 4) is 0 Å². The number of unbranched alkanes of at least 4 members (excludes halogenated alkanes) is 41. The van der Waals surface area contributed by atoms with E-state index in [1.807, 2.05) is 0 Å². The Bertz CT molecular complexity index is 1140. The molecule has 0 aliphatic heterocycles. The van der Waals surface area contributed by atoms with Gasteiger partial charge in [-0.2, -0.15) is 0 Å².